The Kier molecular flexibility index (Phi) is 7.20. The molecule has 2 aromatic rings. The van der Waals surface area contributed by atoms with Crippen molar-refractivity contribution >= 4 is 17.6 Å². The molecule has 0 spiro atoms. The number of hydrogen-bond donors (Lipinski definition) is 0. The molecule has 0 saturated carbocycles. The highest BCUT2D eigenvalue weighted by molar-refractivity contribution is 5.79. The van der Waals surface area contributed by atoms with Crippen LogP contribution < -0.4 is 0 Å². The van der Waals surface area contributed by atoms with Crippen LogP contribution in [0.4, 0.5) is 0 Å². The van der Waals surface area contributed by atoms with Crippen molar-refractivity contribution < 1.29 is 14.3 Å². The lowest BCUT2D eigenvalue weighted by Crippen LogP contribution is -1.95. The molecule has 3 rings (SSSR count). The van der Waals surface area contributed by atoms with Gasteiger partial charge in [-0.3, -0.25) is 4.79 Å². The summed E-state index contributed by atoms with van der Waals surface area (Å²) in [5.41, 5.74) is 5.33. The van der Waals surface area contributed by atoms with Crippen LogP contribution in [0.2, 0.25) is 0 Å². The number of nitrogens with zero attached hydrogens (tertiary/aromatic N) is 1. The Morgan fingerprint density at radius 1 is 1.19 bits per heavy atom. The summed E-state index contributed by atoms with van der Waals surface area (Å²) < 4.78 is 9.28. The first-order valence-electron chi connectivity index (χ1n) is 8.14. The predicted molar refractivity (Wildman–Crippen MR) is 103 cm³/mol. The van der Waals surface area contributed by atoms with Crippen molar-refractivity contribution in [2.24, 2.45) is 0 Å². The van der Waals surface area contributed by atoms with E-state index in [0.717, 1.165) is 17.7 Å². The minimum Gasteiger partial charge on any atom is -0.504 e. The lowest BCUT2D eigenvalue weighted by Gasteiger charge is -2.14. The van der Waals surface area contributed by atoms with Crippen LogP contribution in [0.25, 0.3) is 11.6 Å². The third-order valence-corrected chi connectivity index (χ3v) is 3.58. The molecule has 0 atom stereocenters. The fourth-order valence-corrected chi connectivity index (χ4v) is 2.31. The quantitative estimate of drug-likeness (QED) is 0.443. The van der Waals surface area contributed by atoms with Gasteiger partial charge < -0.3 is 9.47 Å². The van der Waals surface area contributed by atoms with Gasteiger partial charge in [-0.05, 0) is 53.3 Å². The van der Waals surface area contributed by atoms with E-state index in [2.05, 4.69) is 45.8 Å². The number of pyridine rings is 1. The summed E-state index contributed by atoms with van der Waals surface area (Å²) in [6, 6.07) is 12.0. The van der Waals surface area contributed by atoms with Gasteiger partial charge in [-0.1, -0.05) is 30.2 Å². The molecule has 0 saturated heterocycles. The number of aromatic nitrogens is 1. The summed E-state index contributed by atoms with van der Waals surface area (Å²) in [7, 11) is 3.03. The number of fused-ring (bicyclic) bond motifs is 1. The number of rotatable bonds is 1. The molecule has 0 amide bonds. The van der Waals surface area contributed by atoms with Crippen LogP contribution in [0.3, 0.4) is 0 Å². The molecule has 1 aliphatic carbocycles. The summed E-state index contributed by atoms with van der Waals surface area (Å²) in [4.78, 5) is 13.8. The van der Waals surface area contributed by atoms with Gasteiger partial charge in [-0.15, -0.1) is 0 Å². The Morgan fingerprint density at radius 3 is 2.65 bits per heavy atom. The molecule has 4 nitrogen and oxygen atoms in total. The summed E-state index contributed by atoms with van der Waals surface area (Å²) in [5, 5.41) is 0. The van der Waals surface area contributed by atoms with Crippen molar-refractivity contribution in [2.45, 2.75) is 13.3 Å². The Balaban J connectivity index is 0.000000431. The summed E-state index contributed by atoms with van der Waals surface area (Å²) in [5.74, 6) is 6.01. The molecule has 4 heteroatoms. The fraction of sp³-hybridized carbons (Fsp3) is 0.182. The molecular formula is C22H21NO3. The molecule has 1 heterocycles. The lowest BCUT2D eigenvalue weighted by atomic mass is 9.91. The van der Waals surface area contributed by atoms with Crippen molar-refractivity contribution in [1.29, 1.82) is 0 Å². The number of allylic oxidation sites excluding steroid dienone is 2. The smallest absolute Gasteiger partial charge is 0.302 e. The van der Waals surface area contributed by atoms with E-state index in [4.69, 9.17) is 4.74 Å². The zero-order valence-corrected chi connectivity index (χ0v) is 15.2. The maximum Gasteiger partial charge on any atom is 0.302 e. The van der Waals surface area contributed by atoms with Crippen molar-refractivity contribution in [1.82, 2.24) is 4.98 Å². The summed E-state index contributed by atoms with van der Waals surface area (Å²) in [6.45, 7) is 1.36. The van der Waals surface area contributed by atoms with Crippen LogP contribution in [-0.2, 0) is 14.3 Å². The second kappa shape index (κ2) is 9.85. The fourth-order valence-electron chi connectivity index (χ4n) is 2.31. The topological polar surface area (TPSA) is 48.4 Å². The van der Waals surface area contributed by atoms with E-state index < -0.39 is 0 Å². The Bertz CT molecular complexity index is 871. The maximum atomic E-state index is 9.59. The zero-order chi connectivity index (χ0) is 18.8. The minimum atomic E-state index is -0.245. The second-order valence-corrected chi connectivity index (χ2v) is 5.45. The normalized spacial score (nSPS) is 12.8. The highest BCUT2D eigenvalue weighted by atomic mass is 16.5. The summed E-state index contributed by atoms with van der Waals surface area (Å²) in [6.07, 6.45) is 8.72. The van der Waals surface area contributed by atoms with Crippen molar-refractivity contribution in [2.75, 3.05) is 14.2 Å². The standard InChI is InChI=1S/C19H15NO.C3H6O2/c1-21-14-17-6-4-5-16-10-8-15(13-19(16)17)9-11-18-7-2-3-12-20-18;1-3(4)5-2/h2-5,7-8,10,12-14H,6H2,1H3;1-2H3. The van der Waals surface area contributed by atoms with Gasteiger partial charge in [0.15, 0.2) is 0 Å². The monoisotopic (exact) mass is 347 g/mol. The van der Waals surface area contributed by atoms with Gasteiger partial charge in [0.1, 0.15) is 5.69 Å². The van der Waals surface area contributed by atoms with E-state index in [1.165, 1.54) is 30.7 Å². The van der Waals surface area contributed by atoms with Crippen LogP contribution in [0.5, 0.6) is 0 Å². The molecule has 0 bridgehead atoms. The highest BCUT2D eigenvalue weighted by Crippen LogP contribution is 2.29. The number of ether oxygens (including phenoxy) is 2. The van der Waals surface area contributed by atoms with Crippen molar-refractivity contribution in [3.63, 3.8) is 0 Å². The Hall–Kier alpha value is -3.32. The van der Waals surface area contributed by atoms with Gasteiger partial charge in [0.2, 0.25) is 0 Å². The van der Waals surface area contributed by atoms with Gasteiger partial charge >= 0.3 is 5.97 Å². The Labute approximate surface area is 154 Å². The molecule has 1 aromatic carbocycles. The van der Waals surface area contributed by atoms with Crippen molar-refractivity contribution in [3.8, 4) is 11.8 Å². The van der Waals surface area contributed by atoms with Gasteiger partial charge in [0.05, 0.1) is 20.5 Å². The van der Waals surface area contributed by atoms with Gasteiger partial charge in [0.25, 0.3) is 0 Å². The number of benzene rings is 1. The first-order valence-corrected chi connectivity index (χ1v) is 8.14. The molecule has 0 N–H and O–H groups in total. The molecular weight excluding hydrogens is 326 g/mol. The summed E-state index contributed by atoms with van der Waals surface area (Å²) >= 11 is 0. The Morgan fingerprint density at radius 2 is 2.00 bits per heavy atom. The molecule has 132 valence electrons. The zero-order valence-electron chi connectivity index (χ0n) is 15.2. The van der Waals surface area contributed by atoms with E-state index in [1.807, 2.05) is 24.3 Å². The van der Waals surface area contributed by atoms with E-state index in [1.54, 1.807) is 19.6 Å². The first-order chi connectivity index (χ1) is 12.6. The highest BCUT2D eigenvalue weighted by Gasteiger charge is 2.10. The van der Waals surface area contributed by atoms with E-state index in [9.17, 15) is 4.79 Å². The number of methoxy groups -OCH3 is 2. The SMILES string of the molecule is COC(C)=O.COC=C1CC=Cc2ccc(C#Cc3ccccn3)cc21. The average molecular weight is 347 g/mol. The predicted octanol–water partition coefficient (Wildman–Crippen LogP) is 4.06. The maximum absolute atomic E-state index is 9.59. The van der Waals surface area contributed by atoms with Crippen LogP contribution >= 0.6 is 0 Å². The van der Waals surface area contributed by atoms with Crippen LogP contribution in [0.1, 0.15) is 35.7 Å². The second-order valence-electron chi connectivity index (χ2n) is 5.45. The third kappa shape index (κ3) is 5.64. The van der Waals surface area contributed by atoms with E-state index in [0.29, 0.717) is 0 Å². The van der Waals surface area contributed by atoms with Gasteiger partial charge in [-0.25, -0.2) is 4.98 Å². The van der Waals surface area contributed by atoms with Crippen LogP contribution in [0.15, 0.2) is 54.9 Å². The molecule has 26 heavy (non-hydrogen) atoms. The lowest BCUT2D eigenvalue weighted by molar-refractivity contribution is -0.137. The number of carbonyl (C=O) groups excluding carboxylic acids is 1. The number of esters is 1. The first kappa shape index (κ1) is 19.0. The largest absolute Gasteiger partial charge is 0.504 e. The van der Waals surface area contributed by atoms with Gasteiger partial charge in [0, 0.05) is 18.7 Å². The average Bonchev–Trinajstić information content (AvgIpc) is 2.68. The van der Waals surface area contributed by atoms with Crippen LogP contribution in [-0.4, -0.2) is 25.2 Å². The molecule has 0 fully saturated rings. The third-order valence-electron chi connectivity index (χ3n) is 3.58. The number of hydrogen-bond acceptors (Lipinski definition) is 4. The molecule has 0 aliphatic heterocycles. The molecule has 1 aliphatic rings. The van der Waals surface area contributed by atoms with Crippen LogP contribution in [0, 0.1) is 11.8 Å². The number of carbonyl (C=O) groups is 1. The van der Waals surface area contributed by atoms with E-state index in [-0.39, 0.29) is 5.97 Å². The van der Waals surface area contributed by atoms with Gasteiger partial charge in [-0.2, -0.15) is 0 Å². The molecule has 1 aromatic heterocycles. The van der Waals surface area contributed by atoms with Crippen molar-refractivity contribution in [3.05, 3.63) is 77.3 Å². The minimum absolute atomic E-state index is 0.245. The molecule has 0 unspecified atom stereocenters. The molecule has 0 radical (unpaired) electrons. The van der Waals surface area contributed by atoms with E-state index >= 15 is 0 Å².